The number of ether oxygens (including phenoxy) is 1. The van der Waals surface area contributed by atoms with Crippen molar-refractivity contribution < 1.29 is 19.7 Å². The Morgan fingerprint density at radius 3 is 2.38 bits per heavy atom. The monoisotopic (exact) mass is 294 g/mol. The molecule has 1 atom stereocenters. The van der Waals surface area contributed by atoms with Gasteiger partial charge in [-0.25, -0.2) is 4.79 Å². The molecule has 0 saturated carbocycles. The van der Waals surface area contributed by atoms with Crippen LogP contribution in [0.2, 0.25) is 0 Å². The molecular formula is C15H22N2O4. The molecule has 1 aromatic rings. The number of piperazine rings is 1. The molecule has 0 radical (unpaired) electrons. The number of aliphatic hydroxyl groups is 2. The van der Waals surface area contributed by atoms with E-state index in [0.29, 0.717) is 12.1 Å². The number of methoxy groups -OCH3 is 1. The molecule has 1 aromatic carbocycles. The van der Waals surface area contributed by atoms with Crippen molar-refractivity contribution in [3.63, 3.8) is 0 Å². The first-order valence-corrected chi connectivity index (χ1v) is 7.08. The molecule has 21 heavy (non-hydrogen) atoms. The molecule has 0 amide bonds. The third-order valence-corrected chi connectivity index (χ3v) is 3.71. The van der Waals surface area contributed by atoms with Gasteiger partial charge in [0.25, 0.3) is 0 Å². The zero-order valence-electron chi connectivity index (χ0n) is 12.2. The van der Waals surface area contributed by atoms with Crippen LogP contribution in [-0.4, -0.2) is 73.6 Å². The second-order valence-electron chi connectivity index (χ2n) is 5.16. The van der Waals surface area contributed by atoms with E-state index >= 15 is 0 Å². The quantitative estimate of drug-likeness (QED) is 0.742. The summed E-state index contributed by atoms with van der Waals surface area (Å²) in [6.07, 6.45) is -0.670. The minimum absolute atomic E-state index is 0.199. The van der Waals surface area contributed by atoms with Crippen LogP contribution in [0.3, 0.4) is 0 Å². The highest BCUT2D eigenvalue weighted by molar-refractivity contribution is 5.89. The highest BCUT2D eigenvalue weighted by Crippen LogP contribution is 2.17. The van der Waals surface area contributed by atoms with Crippen LogP contribution in [0.5, 0.6) is 0 Å². The van der Waals surface area contributed by atoms with Crippen molar-refractivity contribution in [3.8, 4) is 0 Å². The average Bonchev–Trinajstić information content (AvgIpc) is 2.55. The summed E-state index contributed by atoms with van der Waals surface area (Å²) < 4.78 is 4.68. The summed E-state index contributed by atoms with van der Waals surface area (Å²) in [5.74, 6) is -0.329. The fourth-order valence-corrected chi connectivity index (χ4v) is 2.47. The molecule has 2 N–H and O–H groups in total. The number of carbonyl (C=O) groups excluding carboxylic acids is 1. The Morgan fingerprint density at radius 2 is 1.86 bits per heavy atom. The summed E-state index contributed by atoms with van der Waals surface area (Å²) in [7, 11) is 1.37. The first kappa shape index (κ1) is 15.8. The predicted octanol–water partition coefficient (Wildman–Crippen LogP) is -0.0516. The first-order valence-electron chi connectivity index (χ1n) is 7.08. The lowest BCUT2D eigenvalue weighted by Gasteiger charge is -2.36. The molecule has 1 heterocycles. The van der Waals surface area contributed by atoms with E-state index in [1.54, 1.807) is 12.1 Å². The average molecular weight is 294 g/mol. The van der Waals surface area contributed by atoms with E-state index in [1.165, 1.54) is 7.11 Å². The molecule has 1 aliphatic rings. The Labute approximate surface area is 124 Å². The van der Waals surface area contributed by atoms with Crippen LogP contribution in [0, 0.1) is 0 Å². The van der Waals surface area contributed by atoms with E-state index in [9.17, 15) is 9.90 Å². The van der Waals surface area contributed by atoms with Crippen LogP contribution in [0.4, 0.5) is 5.69 Å². The van der Waals surface area contributed by atoms with Crippen molar-refractivity contribution in [1.82, 2.24) is 4.90 Å². The van der Waals surface area contributed by atoms with Crippen molar-refractivity contribution in [2.75, 3.05) is 51.3 Å². The molecule has 0 aromatic heterocycles. The Hall–Kier alpha value is -1.63. The molecule has 1 unspecified atom stereocenters. The second kappa shape index (κ2) is 7.40. The number of rotatable bonds is 5. The zero-order chi connectivity index (χ0) is 15.2. The number of β-amino-alcohol motifs (C(OH)–C–C–N with tert-alkyl or cyclic N) is 1. The van der Waals surface area contributed by atoms with E-state index in [4.69, 9.17) is 5.11 Å². The minimum atomic E-state index is -0.670. The Bertz CT molecular complexity index is 455. The number of anilines is 1. The molecule has 1 aliphatic heterocycles. The zero-order valence-corrected chi connectivity index (χ0v) is 12.2. The summed E-state index contributed by atoms with van der Waals surface area (Å²) in [5.41, 5.74) is 1.62. The van der Waals surface area contributed by atoms with Gasteiger partial charge in [-0.05, 0) is 24.3 Å². The number of esters is 1. The summed E-state index contributed by atoms with van der Waals surface area (Å²) in [6.45, 7) is 3.71. The first-order chi connectivity index (χ1) is 10.1. The van der Waals surface area contributed by atoms with Crippen LogP contribution >= 0.6 is 0 Å². The summed E-state index contributed by atoms with van der Waals surface area (Å²) in [6, 6.07) is 7.38. The van der Waals surface area contributed by atoms with E-state index in [0.717, 1.165) is 31.9 Å². The van der Waals surface area contributed by atoms with Gasteiger partial charge in [0.2, 0.25) is 0 Å². The normalized spacial score (nSPS) is 17.6. The summed E-state index contributed by atoms with van der Waals surface area (Å²) in [5, 5.41) is 18.3. The lowest BCUT2D eigenvalue weighted by Crippen LogP contribution is -2.49. The van der Waals surface area contributed by atoms with Gasteiger partial charge in [-0.2, -0.15) is 0 Å². The van der Waals surface area contributed by atoms with Crippen molar-refractivity contribution in [3.05, 3.63) is 29.8 Å². The van der Waals surface area contributed by atoms with Crippen molar-refractivity contribution >= 4 is 11.7 Å². The van der Waals surface area contributed by atoms with Crippen LogP contribution in [0.25, 0.3) is 0 Å². The van der Waals surface area contributed by atoms with Crippen LogP contribution in [0.15, 0.2) is 24.3 Å². The topological polar surface area (TPSA) is 73.2 Å². The number of hydrogen-bond acceptors (Lipinski definition) is 6. The standard InChI is InChI=1S/C15H22N2O4/c1-21-15(20)12-2-4-13(5-3-12)17-8-6-16(7-9-17)10-14(19)11-18/h2-5,14,18-19H,6-11H2,1H3. The van der Waals surface area contributed by atoms with E-state index < -0.39 is 6.10 Å². The van der Waals surface area contributed by atoms with Crippen LogP contribution in [0.1, 0.15) is 10.4 Å². The molecule has 1 fully saturated rings. The van der Waals surface area contributed by atoms with Gasteiger partial charge in [0.15, 0.2) is 0 Å². The SMILES string of the molecule is COC(=O)c1ccc(N2CCN(CC(O)CO)CC2)cc1. The lowest BCUT2D eigenvalue weighted by molar-refractivity contribution is 0.0575. The van der Waals surface area contributed by atoms with Crippen molar-refractivity contribution in [2.24, 2.45) is 0 Å². The predicted molar refractivity (Wildman–Crippen MR) is 79.5 cm³/mol. The Morgan fingerprint density at radius 1 is 1.24 bits per heavy atom. The molecule has 2 rings (SSSR count). The summed E-state index contributed by atoms with van der Waals surface area (Å²) in [4.78, 5) is 15.8. The second-order valence-corrected chi connectivity index (χ2v) is 5.16. The highest BCUT2D eigenvalue weighted by Gasteiger charge is 2.19. The van der Waals surface area contributed by atoms with Gasteiger partial charge in [-0.3, -0.25) is 4.90 Å². The fourth-order valence-electron chi connectivity index (χ4n) is 2.47. The van der Waals surface area contributed by atoms with Gasteiger partial charge in [0.05, 0.1) is 25.4 Å². The van der Waals surface area contributed by atoms with E-state index in [2.05, 4.69) is 14.5 Å². The number of carbonyl (C=O) groups is 1. The third-order valence-electron chi connectivity index (χ3n) is 3.71. The summed E-state index contributed by atoms with van der Waals surface area (Å²) >= 11 is 0. The maximum atomic E-state index is 11.4. The molecule has 116 valence electrons. The Balaban J connectivity index is 1.88. The van der Waals surface area contributed by atoms with Crippen molar-refractivity contribution in [2.45, 2.75) is 6.10 Å². The van der Waals surface area contributed by atoms with E-state index in [-0.39, 0.29) is 12.6 Å². The number of hydrogen-bond donors (Lipinski definition) is 2. The fraction of sp³-hybridized carbons (Fsp3) is 0.533. The van der Waals surface area contributed by atoms with Gasteiger partial charge < -0.3 is 19.8 Å². The molecule has 0 aliphatic carbocycles. The Kier molecular flexibility index (Phi) is 5.55. The largest absolute Gasteiger partial charge is 0.465 e. The van der Waals surface area contributed by atoms with Gasteiger partial charge in [0, 0.05) is 38.4 Å². The van der Waals surface area contributed by atoms with Crippen molar-refractivity contribution in [1.29, 1.82) is 0 Å². The molecule has 6 heteroatoms. The maximum Gasteiger partial charge on any atom is 0.337 e. The van der Waals surface area contributed by atoms with Crippen LogP contribution in [-0.2, 0) is 4.74 Å². The number of benzene rings is 1. The third kappa shape index (κ3) is 4.17. The molecule has 0 spiro atoms. The van der Waals surface area contributed by atoms with Gasteiger partial charge in [-0.1, -0.05) is 0 Å². The van der Waals surface area contributed by atoms with Gasteiger partial charge >= 0.3 is 5.97 Å². The van der Waals surface area contributed by atoms with Gasteiger partial charge in [0.1, 0.15) is 0 Å². The number of aliphatic hydroxyl groups excluding tert-OH is 2. The number of nitrogens with zero attached hydrogens (tertiary/aromatic N) is 2. The molecular weight excluding hydrogens is 272 g/mol. The lowest BCUT2D eigenvalue weighted by atomic mass is 10.1. The molecule has 6 nitrogen and oxygen atoms in total. The molecule has 0 bridgehead atoms. The minimum Gasteiger partial charge on any atom is -0.465 e. The van der Waals surface area contributed by atoms with Gasteiger partial charge in [-0.15, -0.1) is 0 Å². The highest BCUT2D eigenvalue weighted by atomic mass is 16.5. The maximum absolute atomic E-state index is 11.4. The van der Waals surface area contributed by atoms with Crippen LogP contribution < -0.4 is 4.90 Å². The molecule has 1 saturated heterocycles. The van der Waals surface area contributed by atoms with E-state index in [1.807, 2.05) is 12.1 Å². The smallest absolute Gasteiger partial charge is 0.337 e.